The van der Waals surface area contributed by atoms with Crippen LogP contribution in [-0.4, -0.2) is 5.38 Å². The quantitative estimate of drug-likeness (QED) is 0.543. The molecule has 0 spiro atoms. The Balaban J connectivity index is 2.73. The SMILES string of the molecule is CCC1(CC)C(Cl)C1(C)C. The predicted molar refractivity (Wildman–Crippen MR) is 46.4 cm³/mol. The second-order valence-electron chi connectivity index (χ2n) is 3.95. The molecule has 1 aliphatic carbocycles. The molecule has 1 fully saturated rings. The molecule has 0 aromatic rings. The fourth-order valence-corrected chi connectivity index (χ4v) is 3.14. The molecule has 0 aromatic carbocycles. The molecule has 10 heavy (non-hydrogen) atoms. The molecular formula is C9H17Cl. The Hall–Kier alpha value is 0.290. The first-order valence-corrected chi connectivity index (χ1v) is 4.60. The van der Waals surface area contributed by atoms with Crippen molar-refractivity contribution in [2.45, 2.75) is 45.9 Å². The zero-order valence-electron chi connectivity index (χ0n) is 7.37. The van der Waals surface area contributed by atoms with Crippen LogP contribution < -0.4 is 0 Å². The van der Waals surface area contributed by atoms with Gasteiger partial charge in [-0.3, -0.25) is 0 Å². The van der Waals surface area contributed by atoms with E-state index in [4.69, 9.17) is 11.6 Å². The van der Waals surface area contributed by atoms with Gasteiger partial charge in [-0.15, -0.1) is 11.6 Å². The molecule has 0 saturated heterocycles. The van der Waals surface area contributed by atoms with Crippen LogP contribution in [0.2, 0.25) is 0 Å². The lowest BCUT2D eigenvalue weighted by molar-refractivity contribution is 0.358. The van der Waals surface area contributed by atoms with Crippen molar-refractivity contribution in [3.05, 3.63) is 0 Å². The van der Waals surface area contributed by atoms with E-state index in [1.54, 1.807) is 0 Å². The second kappa shape index (κ2) is 2.14. The number of halogens is 1. The van der Waals surface area contributed by atoms with E-state index in [0.717, 1.165) is 0 Å². The fourth-order valence-electron chi connectivity index (χ4n) is 2.39. The van der Waals surface area contributed by atoms with Gasteiger partial charge in [-0.2, -0.15) is 0 Å². The third kappa shape index (κ3) is 0.689. The van der Waals surface area contributed by atoms with E-state index in [2.05, 4.69) is 27.7 Å². The maximum absolute atomic E-state index is 6.20. The average molecular weight is 161 g/mol. The van der Waals surface area contributed by atoms with Crippen LogP contribution in [0.1, 0.15) is 40.5 Å². The van der Waals surface area contributed by atoms with Crippen molar-refractivity contribution >= 4 is 11.6 Å². The highest BCUT2D eigenvalue weighted by Crippen LogP contribution is 2.70. The normalized spacial score (nSPS) is 33.9. The summed E-state index contributed by atoms with van der Waals surface area (Å²) in [5, 5.41) is 0.412. The Morgan fingerprint density at radius 3 is 1.50 bits per heavy atom. The van der Waals surface area contributed by atoms with Gasteiger partial charge in [0.15, 0.2) is 0 Å². The van der Waals surface area contributed by atoms with Crippen molar-refractivity contribution in [1.82, 2.24) is 0 Å². The molecule has 0 radical (unpaired) electrons. The molecule has 60 valence electrons. The molecule has 1 saturated carbocycles. The maximum Gasteiger partial charge on any atom is 0.0454 e. The average Bonchev–Trinajstić information content (AvgIpc) is 2.31. The zero-order valence-corrected chi connectivity index (χ0v) is 8.13. The molecule has 0 nitrogen and oxygen atoms in total. The summed E-state index contributed by atoms with van der Waals surface area (Å²) in [5.41, 5.74) is 0.840. The lowest BCUT2D eigenvalue weighted by Crippen LogP contribution is -2.05. The third-order valence-corrected chi connectivity index (χ3v) is 4.54. The first kappa shape index (κ1) is 8.39. The van der Waals surface area contributed by atoms with Gasteiger partial charge in [0.1, 0.15) is 0 Å². The summed E-state index contributed by atoms with van der Waals surface area (Å²) in [6.07, 6.45) is 2.45. The van der Waals surface area contributed by atoms with Crippen LogP contribution in [0.15, 0.2) is 0 Å². The van der Waals surface area contributed by atoms with Crippen molar-refractivity contribution in [2.75, 3.05) is 0 Å². The molecule has 0 heterocycles. The topological polar surface area (TPSA) is 0 Å². The standard InChI is InChI=1S/C9H17Cl/c1-5-9(6-2)7(10)8(9,3)4/h7H,5-6H2,1-4H3. The van der Waals surface area contributed by atoms with Gasteiger partial charge in [0.2, 0.25) is 0 Å². The summed E-state index contributed by atoms with van der Waals surface area (Å²) < 4.78 is 0. The summed E-state index contributed by atoms with van der Waals surface area (Å²) in [6.45, 7) is 9.04. The van der Waals surface area contributed by atoms with Gasteiger partial charge in [0.05, 0.1) is 0 Å². The molecule has 0 amide bonds. The highest BCUT2D eigenvalue weighted by molar-refractivity contribution is 6.24. The Morgan fingerprint density at radius 1 is 1.20 bits per heavy atom. The van der Waals surface area contributed by atoms with E-state index in [0.29, 0.717) is 16.2 Å². The van der Waals surface area contributed by atoms with Crippen LogP contribution >= 0.6 is 11.6 Å². The number of alkyl halides is 1. The van der Waals surface area contributed by atoms with E-state index in [9.17, 15) is 0 Å². The van der Waals surface area contributed by atoms with E-state index < -0.39 is 0 Å². The van der Waals surface area contributed by atoms with Crippen LogP contribution in [-0.2, 0) is 0 Å². The highest BCUT2D eigenvalue weighted by atomic mass is 35.5. The molecule has 1 unspecified atom stereocenters. The van der Waals surface area contributed by atoms with Gasteiger partial charge in [-0.25, -0.2) is 0 Å². The number of rotatable bonds is 2. The Bertz CT molecular complexity index is 134. The summed E-state index contributed by atoms with van der Waals surface area (Å²) >= 11 is 6.20. The molecule has 0 bridgehead atoms. The van der Waals surface area contributed by atoms with Gasteiger partial charge in [0, 0.05) is 5.38 Å². The minimum absolute atomic E-state index is 0.387. The van der Waals surface area contributed by atoms with Crippen LogP contribution in [0.25, 0.3) is 0 Å². The number of hydrogen-bond acceptors (Lipinski definition) is 0. The second-order valence-corrected chi connectivity index (χ2v) is 4.38. The summed E-state index contributed by atoms with van der Waals surface area (Å²) in [5.74, 6) is 0. The van der Waals surface area contributed by atoms with E-state index in [1.807, 2.05) is 0 Å². The van der Waals surface area contributed by atoms with Gasteiger partial charge >= 0.3 is 0 Å². The van der Waals surface area contributed by atoms with E-state index in [-0.39, 0.29) is 0 Å². The van der Waals surface area contributed by atoms with E-state index >= 15 is 0 Å². The molecule has 0 aliphatic heterocycles. The summed E-state index contributed by atoms with van der Waals surface area (Å²) in [4.78, 5) is 0. The van der Waals surface area contributed by atoms with Crippen LogP contribution in [0.5, 0.6) is 0 Å². The monoisotopic (exact) mass is 160 g/mol. The highest BCUT2D eigenvalue weighted by Gasteiger charge is 2.67. The molecule has 0 aromatic heterocycles. The Kier molecular flexibility index (Phi) is 1.79. The molecule has 1 aliphatic rings. The first-order valence-electron chi connectivity index (χ1n) is 4.17. The van der Waals surface area contributed by atoms with Gasteiger partial charge < -0.3 is 0 Å². The smallest absolute Gasteiger partial charge is 0.0454 e. The first-order chi connectivity index (χ1) is 4.53. The maximum atomic E-state index is 6.20. The van der Waals surface area contributed by atoms with Crippen molar-refractivity contribution in [3.63, 3.8) is 0 Å². The van der Waals surface area contributed by atoms with Crippen molar-refractivity contribution in [2.24, 2.45) is 10.8 Å². The predicted octanol–water partition coefficient (Wildman–Crippen LogP) is 3.44. The zero-order chi connectivity index (χ0) is 7.99. The van der Waals surface area contributed by atoms with Crippen LogP contribution in [0.3, 0.4) is 0 Å². The fraction of sp³-hybridized carbons (Fsp3) is 1.00. The molecule has 1 rings (SSSR count). The molecule has 1 heteroatoms. The minimum Gasteiger partial charge on any atom is -0.122 e. The lowest BCUT2D eigenvalue weighted by Gasteiger charge is -2.14. The van der Waals surface area contributed by atoms with Crippen molar-refractivity contribution < 1.29 is 0 Å². The minimum atomic E-state index is 0.387. The van der Waals surface area contributed by atoms with Gasteiger partial charge in [-0.05, 0) is 23.7 Å². The van der Waals surface area contributed by atoms with Crippen molar-refractivity contribution in [3.8, 4) is 0 Å². The molecule has 1 atom stereocenters. The number of hydrogen-bond donors (Lipinski definition) is 0. The summed E-state index contributed by atoms with van der Waals surface area (Å²) in [7, 11) is 0. The lowest BCUT2D eigenvalue weighted by atomic mass is 9.91. The van der Waals surface area contributed by atoms with Gasteiger partial charge in [0.25, 0.3) is 0 Å². The van der Waals surface area contributed by atoms with Crippen LogP contribution in [0.4, 0.5) is 0 Å². The molecule has 0 N–H and O–H groups in total. The van der Waals surface area contributed by atoms with Gasteiger partial charge in [-0.1, -0.05) is 27.7 Å². The Labute approximate surface area is 69.0 Å². The van der Waals surface area contributed by atoms with E-state index in [1.165, 1.54) is 12.8 Å². The third-order valence-electron chi connectivity index (χ3n) is 3.58. The van der Waals surface area contributed by atoms with Crippen molar-refractivity contribution in [1.29, 1.82) is 0 Å². The largest absolute Gasteiger partial charge is 0.122 e. The van der Waals surface area contributed by atoms with Crippen LogP contribution in [0, 0.1) is 10.8 Å². The molecular weight excluding hydrogens is 144 g/mol. The summed E-state index contributed by atoms with van der Waals surface area (Å²) in [6, 6.07) is 0. The Morgan fingerprint density at radius 2 is 1.50 bits per heavy atom.